The molecule has 0 saturated carbocycles. The van der Waals surface area contributed by atoms with E-state index in [9.17, 15) is 18.0 Å². The largest absolute Gasteiger partial charge is 0.494 e. The van der Waals surface area contributed by atoms with Crippen molar-refractivity contribution in [2.24, 2.45) is 0 Å². The van der Waals surface area contributed by atoms with Crippen LogP contribution >= 0.6 is 0 Å². The summed E-state index contributed by atoms with van der Waals surface area (Å²) >= 11 is 0. The lowest BCUT2D eigenvalue weighted by Crippen LogP contribution is -2.10. The lowest BCUT2D eigenvalue weighted by atomic mass is 10.0. The number of ether oxygens (including phenoxy) is 2. The molecule has 0 aliphatic heterocycles. The van der Waals surface area contributed by atoms with Crippen LogP contribution in [0, 0.1) is 17.5 Å². The highest BCUT2D eigenvalue weighted by atomic mass is 19.2. The Kier molecular flexibility index (Phi) is 7.17. The van der Waals surface area contributed by atoms with Gasteiger partial charge in [-0.3, -0.25) is 0 Å². The molecule has 0 radical (unpaired) electrons. The van der Waals surface area contributed by atoms with E-state index in [1.54, 1.807) is 43.3 Å². The van der Waals surface area contributed by atoms with Gasteiger partial charge in [-0.05, 0) is 60.0 Å². The minimum absolute atomic E-state index is 0.00600. The van der Waals surface area contributed by atoms with Crippen LogP contribution in [-0.4, -0.2) is 17.7 Å². The van der Waals surface area contributed by atoms with E-state index in [1.807, 2.05) is 0 Å². The molecule has 1 N–H and O–H groups in total. The molecule has 0 unspecified atom stereocenters. The van der Waals surface area contributed by atoms with E-state index in [2.05, 4.69) is 0 Å². The van der Waals surface area contributed by atoms with Gasteiger partial charge in [0.25, 0.3) is 0 Å². The SMILES string of the molecule is CCOc1ccc(-c2ccc(C(=O)Oc3ccc(-c4ccc(CO)cc4)c(F)c3F)cc2)c(F)c1. The van der Waals surface area contributed by atoms with Gasteiger partial charge in [-0.1, -0.05) is 36.4 Å². The molecule has 0 heterocycles. The topological polar surface area (TPSA) is 55.8 Å². The average molecular weight is 478 g/mol. The van der Waals surface area contributed by atoms with Crippen molar-refractivity contribution in [1.82, 2.24) is 0 Å². The van der Waals surface area contributed by atoms with E-state index in [-0.39, 0.29) is 17.7 Å². The van der Waals surface area contributed by atoms with Gasteiger partial charge < -0.3 is 14.6 Å². The highest BCUT2D eigenvalue weighted by molar-refractivity contribution is 5.91. The van der Waals surface area contributed by atoms with Gasteiger partial charge in [-0.25, -0.2) is 13.6 Å². The Hall–Kier alpha value is -4.10. The van der Waals surface area contributed by atoms with Gasteiger partial charge in [0.1, 0.15) is 11.6 Å². The van der Waals surface area contributed by atoms with Crippen LogP contribution in [0.2, 0.25) is 0 Å². The fraction of sp³-hybridized carbons (Fsp3) is 0.107. The van der Waals surface area contributed by atoms with E-state index < -0.39 is 29.2 Å². The monoisotopic (exact) mass is 478 g/mol. The summed E-state index contributed by atoms with van der Waals surface area (Å²) in [4.78, 5) is 12.5. The minimum Gasteiger partial charge on any atom is -0.494 e. The number of hydrogen-bond acceptors (Lipinski definition) is 4. The molecule has 178 valence electrons. The predicted octanol–water partition coefficient (Wildman–Crippen LogP) is 6.55. The van der Waals surface area contributed by atoms with Crippen LogP contribution in [0.1, 0.15) is 22.8 Å². The van der Waals surface area contributed by atoms with Crippen LogP contribution in [-0.2, 0) is 6.61 Å². The number of aliphatic hydroxyl groups excluding tert-OH is 1. The Morgan fingerprint density at radius 2 is 1.43 bits per heavy atom. The number of esters is 1. The van der Waals surface area contributed by atoms with Crippen molar-refractivity contribution in [2.45, 2.75) is 13.5 Å². The van der Waals surface area contributed by atoms with E-state index >= 15 is 0 Å². The van der Waals surface area contributed by atoms with Gasteiger partial charge in [-0.15, -0.1) is 0 Å². The summed E-state index contributed by atoms with van der Waals surface area (Å²) in [7, 11) is 0. The number of halogens is 3. The molecule has 4 rings (SSSR count). The number of aliphatic hydroxyl groups is 1. The minimum atomic E-state index is -1.30. The van der Waals surface area contributed by atoms with Crippen LogP contribution in [0.25, 0.3) is 22.3 Å². The Bertz CT molecular complexity index is 1350. The molecule has 0 amide bonds. The Labute approximate surface area is 200 Å². The second kappa shape index (κ2) is 10.4. The highest BCUT2D eigenvalue weighted by Gasteiger charge is 2.19. The third-order valence-electron chi connectivity index (χ3n) is 5.38. The molecular weight excluding hydrogens is 457 g/mol. The third-order valence-corrected chi connectivity index (χ3v) is 5.38. The molecule has 0 aliphatic carbocycles. The van der Waals surface area contributed by atoms with Gasteiger partial charge in [0, 0.05) is 17.2 Å². The standard InChI is InChI=1S/C28H21F3O4/c1-2-34-21-11-12-22(24(29)15-21)18-7-9-20(10-8-18)28(33)35-25-14-13-23(26(30)27(25)31)19-5-3-17(16-32)4-6-19/h3-15,32H,2,16H2,1H3. The molecule has 4 aromatic carbocycles. The predicted molar refractivity (Wildman–Crippen MR) is 126 cm³/mol. The van der Waals surface area contributed by atoms with Crippen molar-refractivity contribution >= 4 is 5.97 Å². The third kappa shape index (κ3) is 5.20. The zero-order valence-electron chi connectivity index (χ0n) is 18.7. The van der Waals surface area contributed by atoms with Gasteiger partial charge in [0.05, 0.1) is 18.8 Å². The summed E-state index contributed by atoms with van der Waals surface area (Å²) in [5, 5.41) is 9.12. The number of rotatable bonds is 7. The Morgan fingerprint density at radius 3 is 2.06 bits per heavy atom. The summed E-state index contributed by atoms with van der Waals surface area (Å²) in [6.07, 6.45) is 0. The summed E-state index contributed by atoms with van der Waals surface area (Å²) in [5.41, 5.74) is 1.97. The normalized spacial score (nSPS) is 10.8. The summed E-state index contributed by atoms with van der Waals surface area (Å²) in [6.45, 7) is 2.05. The number of carbonyl (C=O) groups is 1. The quantitative estimate of drug-likeness (QED) is 0.242. The first-order valence-corrected chi connectivity index (χ1v) is 10.8. The maximum atomic E-state index is 14.7. The van der Waals surface area contributed by atoms with Gasteiger partial charge in [-0.2, -0.15) is 4.39 Å². The van der Waals surface area contributed by atoms with Crippen LogP contribution in [0.3, 0.4) is 0 Å². The summed E-state index contributed by atoms with van der Waals surface area (Å²) < 4.78 is 54.1. The summed E-state index contributed by atoms with van der Waals surface area (Å²) in [5.74, 6) is -3.96. The molecule has 0 fully saturated rings. The molecule has 35 heavy (non-hydrogen) atoms. The molecular formula is C28H21F3O4. The second-order valence-corrected chi connectivity index (χ2v) is 7.64. The number of hydrogen-bond donors (Lipinski definition) is 1. The highest BCUT2D eigenvalue weighted by Crippen LogP contribution is 2.31. The average Bonchev–Trinajstić information content (AvgIpc) is 2.87. The second-order valence-electron chi connectivity index (χ2n) is 7.64. The van der Waals surface area contributed by atoms with Gasteiger partial charge in [0.2, 0.25) is 5.82 Å². The Morgan fingerprint density at radius 1 is 0.800 bits per heavy atom. The van der Waals surface area contributed by atoms with E-state index in [0.29, 0.717) is 34.6 Å². The lowest BCUT2D eigenvalue weighted by Gasteiger charge is -2.10. The van der Waals surface area contributed by atoms with Gasteiger partial charge >= 0.3 is 5.97 Å². The smallest absolute Gasteiger partial charge is 0.343 e. The van der Waals surface area contributed by atoms with Crippen LogP contribution in [0.5, 0.6) is 11.5 Å². The molecule has 0 saturated heterocycles. The zero-order valence-corrected chi connectivity index (χ0v) is 18.7. The van der Waals surface area contributed by atoms with E-state index in [1.165, 1.54) is 42.5 Å². The lowest BCUT2D eigenvalue weighted by molar-refractivity contribution is 0.0726. The van der Waals surface area contributed by atoms with Crippen molar-refractivity contribution in [3.63, 3.8) is 0 Å². The molecule has 4 nitrogen and oxygen atoms in total. The summed E-state index contributed by atoms with van der Waals surface area (Å²) in [6, 6.07) is 19.2. The van der Waals surface area contributed by atoms with E-state index in [4.69, 9.17) is 14.6 Å². The first-order valence-electron chi connectivity index (χ1n) is 10.8. The van der Waals surface area contributed by atoms with Crippen molar-refractivity contribution < 1.29 is 32.5 Å². The zero-order chi connectivity index (χ0) is 24.9. The van der Waals surface area contributed by atoms with Crippen LogP contribution < -0.4 is 9.47 Å². The van der Waals surface area contributed by atoms with Crippen molar-refractivity contribution in [3.8, 4) is 33.8 Å². The van der Waals surface area contributed by atoms with Crippen molar-refractivity contribution in [2.75, 3.05) is 6.61 Å². The molecule has 0 atom stereocenters. The van der Waals surface area contributed by atoms with E-state index in [0.717, 1.165) is 0 Å². The first-order chi connectivity index (χ1) is 16.9. The fourth-order valence-corrected chi connectivity index (χ4v) is 3.55. The van der Waals surface area contributed by atoms with Gasteiger partial charge in [0.15, 0.2) is 11.6 Å². The molecule has 0 aliphatic rings. The molecule has 7 heteroatoms. The molecule has 4 aromatic rings. The molecule has 0 aromatic heterocycles. The Balaban J connectivity index is 1.51. The first kappa shape index (κ1) is 24.0. The maximum Gasteiger partial charge on any atom is 0.343 e. The van der Waals surface area contributed by atoms with Crippen molar-refractivity contribution in [1.29, 1.82) is 0 Å². The maximum absolute atomic E-state index is 14.7. The number of carbonyl (C=O) groups excluding carboxylic acids is 1. The molecule has 0 bridgehead atoms. The molecule has 0 spiro atoms. The fourth-order valence-electron chi connectivity index (χ4n) is 3.55. The van der Waals surface area contributed by atoms with Crippen LogP contribution in [0.4, 0.5) is 13.2 Å². The van der Waals surface area contributed by atoms with Crippen molar-refractivity contribution in [3.05, 3.63) is 107 Å². The number of benzene rings is 4. The van der Waals surface area contributed by atoms with Crippen LogP contribution in [0.15, 0.2) is 78.9 Å².